The van der Waals surface area contributed by atoms with E-state index in [4.69, 9.17) is 23.8 Å². The predicted molar refractivity (Wildman–Crippen MR) is 112 cm³/mol. The number of aromatic nitrogens is 2. The summed E-state index contributed by atoms with van der Waals surface area (Å²) in [5.74, 6) is 0.209. The second-order valence-electron chi connectivity index (χ2n) is 6.37. The van der Waals surface area contributed by atoms with Gasteiger partial charge in [0.25, 0.3) is 0 Å². The van der Waals surface area contributed by atoms with Crippen molar-refractivity contribution < 1.29 is 4.79 Å². The third-order valence-corrected chi connectivity index (χ3v) is 7.26. The Balaban J connectivity index is 1.72. The molecule has 3 rings (SSSR count). The average Bonchev–Trinajstić information content (AvgIpc) is 3.01. The van der Waals surface area contributed by atoms with Crippen LogP contribution in [0.2, 0.25) is 5.02 Å². The van der Waals surface area contributed by atoms with E-state index < -0.39 is 0 Å². The van der Waals surface area contributed by atoms with E-state index >= 15 is 0 Å². The van der Waals surface area contributed by atoms with E-state index in [1.54, 1.807) is 4.68 Å². The van der Waals surface area contributed by atoms with Crippen molar-refractivity contribution in [3.63, 3.8) is 0 Å². The lowest BCUT2D eigenvalue weighted by atomic mass is 10.00. The first kappa shape index (κ1) is 19.9. The van der Waals surface area contributed by atoms with Crippen molar-refractivity contribution in [2.45, 2.75) is 55.2 Å². The zero-order valence-electron chi connectivity index (χ0n) is 14.9. The average molecular weight is 428 g/mol. The molecule has 2 heterocycles. The number of rotatable bonds is 5. The lowest BCUT2D eigenvalue weighted by Gasteiger charge is -2.36. The Labute approximate surface area is 172 Å². The van der Waals surface area contributed by atoms with E-state index in [-0.39, 0.29) is 11.2 Å². The SMILES string of the molecule is CC[C@@H]1CCCCN1C(=O)[C@H](C)Sc1nn(-c2ccc(Cl)cc2)c(=S)s1. The highest BCUT2D eigenvalue weighted by atomic mass is 35.5. The van der Waals surface area contributed by atoms with Crippen LogP contribution < -0.4 is 0 Å². The van der Waals surface area contributed by atoms with Crippen molar-refractivity contribution in [2.24, 2.45) is 0 Å². The molecule has 2 atom stereocenters. The van der Waals surface area contributed by atoms with Crippen molar-refractivity contribution >= 4 is 52.8 Å². The quantitative estimate of drug-likeness (QED) is 0.460. The first-order valence-corrected chi connectivity index (χ1v) is 11.3. The fraction of sp³-hybridized carbons (Fsp3) is 0.500. The second-order valence-corrected chi connectivity index (χ2v) is 10.0. The standard InChI is InChI=1S/C18H22ClN3OS3/c1-3-14-6-4-5-11-21(14)16(23)12(2)25-17-20-22(18(24)26-17)15-9-7-13(19)8-10-15/h7-10,12,14H,3-6,11H2,1-2H3/t12-,14+/m0/s1. The van der Waals surface area contributed by atoms with Crippen LogP contribution in [-0.4, -0.2) is 38.4 Å². The van der Waals surface area contributed by atoms with Crippen molar-refractivity contribution in [2.75, 3.05) is 6.54 Å². The zero-order valence-corrected chi connectivity index (χ0v) is 18.1. The van der Waals surface area contributed by atoms with Gasteiger partial charge in [-0.2, -0.15) is 0 Å². The molecule has 1 amide bonds. The number of benzene rings is 1. The number of carbonyl (C=O) groups excluding carboxylic acids is 1. The summed E-state index contributed by atoms with van der Waals surface area (Å²) in [7, 11) is 0. The number of hydrogen-bond donors (Lipinski definition) is 0. The number of halogens is 1. The van der Waals surface area contributed by atoms with Gasteiger partial charge in [0.2, 0.25) is 5.91 Å². The maximum atomic E-state index is 12.9. The molecule has 0 spiro atoms. The number of hydrogen-bond acceptors (Lipinski definition) is 5. The Morgan fingerprint density at radius 1 is 1.42 bits per heavy atom. The van der Waals surface area contributed by atoms with Gasteiger partial charge >= 0.3 is 0 Å². The largest absolute Gasteiger partial charge is 0.339 e. The van der Waals surface area contributed by atoms with Crippen LogP contribution in [0.1, 0.15) is 39.5 Å². The van der Waals surface area contributed by atoms with Crippen LogP contribution in [0, 0.1) is 3.95 Å². The van der Waals surface area contributed by atoms with E-state index in [2.05, 4.69) is 16.9 Å². The van der Waals surface area contributed by atoms with Gasteiger partial charge in [0.05, 0.1) is 10.9 Å². The molecule has 2 aromatic rings. The van der Waals surface area contributed by atoms with Gasteiger partial charge in [-0.1, -0.05) is 41.6 Å². The van der Waals surface area contributed by atoms with Crippen molar-refractivity contribution in [1.29, 1.82) is 0 Å². The first-order valence-electron chi connectivity index (χ1n) is 8.83. The topological polar surface area (TPSA) is 38.1 Å². The predicted octanol–water partition coefficient (Wildman–Crippen LogP) is 5.59. The first-order chi connectivity index (χ1) is 12.5. The number of likely N-dealkylation sites (tertiary alicyclic amines) is 1. The Kier molecular flexibility index (Phi) is 6.77. The zero-order chi connectivity index (χ0) is 18.7. The van der Waals surface area contributed by atoms with Crippen LogP contribution in [0.3, 0.4) is 0 Å². The fourth-order valence-corrected chi connectivity index (χ4v) is 5.91. The number of thioether (sulfide) groups is 1. The van der Waals surface area contributed by atoms with Crippen LogP contribution >= 0.6 is 46.9 Å². The van der Waals surface area contributed by atoms with Gasteiger partial charge in [-0.05, 0) is 69.1 Å². The molecule has 1 aromatic carbocycles. The van der Waals surface area contributed by atoms with Crippen molar-refractivity contribution in [1.82, 2.24) is 14.7 Å². The molecule has 0 radical (unpaired) electrons. The van der Waals surface area contributed by atoms with Gasteiger partial charge in [-0.3, -0.25) is 4.79 Å². The van der Waals surface area contributed by atoms with Crippen molar-refractivity contribution in [3.8, 4) is 5.69 Å². The Morgan fingerprint density at radius 2 is 2.15 bits per heavy atom. The third kappa shape index (κ3) is 4.50. The maximum absolute atomic E-state index is 12.9. The highest BCUT2D eigenvalue weighted by molar-refractivity contribution is 8.02. The summed E-state index contributed by atoms with van der Waals surface area (Å²) in [5, 5.41) is 5.11. The molecule has 0 aliphatic carbocycles. The van der Waals surface area contributed by atoms with Crippen LogP contribution in [0.5, 0.6) is 0 Å². The molecule has 1 aromatic heterocycles. The maximum Gasteiger partial charge on any atom is 0.236 e. The molecule has 1 aliphatic heterocycles. The van der Waals surface area contributed by atoms with E-state index in [1.165, 1.54) is 29.5 Å². The molecule has 0 N–H and O–H groups in total. The summed E-state index contributed by atoms with van der Waals surface area (Å²) in [6, 6.07) is 7.79. The number of carbonyl (C=O) groups is 1. The van der Waals surface area contributed by atoms with Gasteiger partial charge in [0, 0.05) is 17.6 Å². The smallest absolute Gasteiger partial charge is 0.236 e. The molecule has 0 saturated carbocycles. The highest BCUT2D eigenvalue weighted by Gasteiger charge is 2.29. The molecule has 0 bridgehead atoms. The Hall–Kier alpha value is -0.890. The van der Waals surface area contributed by atoms with Gasteiger partial charge in [0.15, 0.2) is 8.29 Å². The minimum Gasteiger partial charge on any atom is -0.339 e. The van der Waals surface area contributed by atoms with E-state index in [1.807, 2.05) is 31.2 Å². The van der Waals surface area contributed by atoms with Gasteiger partial charge in [-0.25, -0.2) is 4.68 Å². The van der Waals surface area contributed by atoms with Gasteiger partial charge < -0.3 is 4.90 Å². The molecule has 0 unspecified atom stereocenters. The molecule has 8 heteroatoms. The molecular weight excluding hydrogens is 406 g/mol. The Bertz CT molecular complexity index is 818. The van der Waals surface area contributed by atoms with Crippen LogP contribution in [-0.2, 0) is 4.79 Å². The molecule has 140 valence electrons. The summed E-state index contributed by atoms with van der Waals surface area (Å²) >= 11 is 14.3. The van der Waals surface area contributed by atoms with Crippen LogP contribution in [0.15, 0.2) is 28.6 Å². The number of piperidine rings is 1. The second kappa shape index (κ2) is 8.87. The molecule has 1 aliphatic rings. The monoisotopic (exact) mass is 427 g/mol. The molecular formula is C18H22ClN3OS3. The van der Waals surface area contributed by atoms with Crippen LogP contribution in [0.25, 0.3) is 5.69 Å². The lowest BCUT2D eigenvalue weighted by molar-refractivity contribution is -0.134. The fourth-order valence-electron chi connectivity index (χ4n) is 3.20. The molecule has 1 saturated heterocycles. The van der Waals surface area contributed by atoms with Gasteiger partial charge in [-0.15, -0.1) is 5.10 Å². The van der Waals surface area contributed by atoms with Gasteiger partial charge in [0.1, 0.15) is 0 Å². The molecule has 4 nitrogen and oxygen atoms in total. The number of nitrogens with zero attached hydrogens (tertiary/aromatic N) is 3. The minimum absolute atomic E-state index is 0.165. The molecule has 26 heavy (non-hydrogen) atoms. The van der Waals surface area contributed by atoms with E-state index in [9.17, 15) is 4.79 Å². The van der Waals surface area contributed by atoms with E-state index in [0.29, 0.717) is 15.0 Å². The van der Waals surface area contributed by atoms with Crippen LogP contribution in [0.4, 0.5) is 0 Å². The Morgan fingerprint density at radius 3 is 2.85 bits per heavy atom. The van der Waals surface area contributed by atoms with E-state index in [0.717, 1.165) is 35.8 Å². The summed E-state index contributed by atoms with van der Waals surface area (Å²) in [4.78, 5) is 15.0. The summed E-state index contributed by atoms with van der Waals surface area (Å²) < 4.78 is 3.21. The normalized spacial score (nSPS) is 18.7. The highest BCUT2D eigenvalue weighted by Crippen LogP contribution is 2.30. The van der Waals surface area contributed by atoms with Crippen molar-refractivity contribution in [3.05, 3.63) is 33.2 Å². The summed E-state index contributed by atoms with van der Waals surface area (Å²) in [5.41, 5.74) is 0.878. The minimum atomic E-state index is -0.165. The summed E-state index contributed by atoms with van der Waals surface area (Å²) in [6.07, 6.45) is 4.46. The number of amides is 1. The molecule has 1 fully saturated rings. The summed E-state index contributed by atoms with van der Waals surface area (Å²) in [6.45, 7) is 5.00. The third-order valence-electron chi connectivity index (χ3n) is 4.61. The lowest BCUT2D eigenvalue weighted by Crippen LogP contribution is -2.46.